The van der Waals surface area contributed by atoms with E-state index in [2.05, 4.69) is 56.4 Å². The monoisotopic (exact) mass is 288 g/mol. The van der Waals surface area contributed by atoms with E-state index >= 15 is 0 Å². The second-order valence-electron chi connectivity index (χ2n) is 5.07. The van der Waals surface area contributed by atoms with Gasteiger partial charge in [0, 0.05) is 23.0 Å². The highest BCUT2D eigenvalue weighted by atomic mass is 32.1. The highest BCUT2D eigenvalue weighted by molar-refractivity contribution is 7.11. The molecule has 1 heterocycles. The zero-order valence-electron chi connectivity index (χ0n) is 12.6. The second-order valence-corrected chi connectivity index (χ2v) is 6.18. The lowest BCUT2D eigenvalue weighted by atomic mass is 9.76. The summed E-state index contributed by atoms with van der Waals surface area (Å²) in [5.74, 6) is 0. The van der Waals surface area contributed by atoms with Gasteiger partial charge in [-0.05, 0) is 24.9 Å². The first-order chi connectivity index (χ1) is 9.76. The van der Waals surface area contributed by atoms with Crippen LogP contribution < -0.4 is 5.32 Å². The average molecular weight is 288 g/mol. The largest absolute Gasteiger partial charge is 0.312 e. The molecule has 0 aliphatic heterocycles. The van der Waals surface area contributed by atoms with Crippen molar-refractivity contribution in [3.05, 3.63) is 52.0 Å². The molecule has 1 aromatic heterocycles. The number of hydrogen-bond donors (Lipinski definition) is 1. The molecule has 0 bridgehead atoms. The summed E-state index contributed by atoms with van der Waals surface area (Å²) >= 11 is 1.85. The number of aromatic nitrogens is 1. The van der Waals surface area contributed by atoms with Crippen molar-refractivity contribution in [1.82, 2.24) is 10.3 Å². The molecule has 108 valence electrons. The second kappa shape index (κ2) is 7.00. The summed E-state index contributed by atoms with van der Waals surface area (Å²) in [4.78, 5) is 6.06. The molecule has 2 nitrogen and oxygen atoms in total. The van der Waals surface area contributed by atoms with E-state index in [-0.39, 0.29) is 5.41 Å². The van der Waals surface area contributed by atoms with Gasteiger partial charge in [0.15, 0.2) is 0 Å². The minimum absolute atomic E-state index is 0.0659. The molecule has 2 aromatic rings. The molecule has 0 aliphatic rings. The van der Waals surface area contributed by atoms with Gasteiger partial charge in [0.2, 0.25) is 0 Å². The number of benzene rings is 1. The molecule has 0 amide bonds. The van der Waals surface area contributed by atoms with Gasteiger partial charge in [0.1, 0.15) is 5.01 Å². The first-order valence-corrected chi connectivity index (χ1v) is 8.29. The van der Waals surface area contributed by atoms with Crippen molar-refractivity contribution < 1.29 is 0 Å². The van der Waals surface area contributed by atoms with Crippen LogP contribution in [0.2, 0.25) is 0 Å². The standard InChI is InChI=1S/C17H24N2S/c1-4-17(5-2,14-10-8-7-9-11-14)16-19-13-15(20-16)12-18-6-3/h7-11,13,18H,4-6,12H2,1-3H3. The van der Waals surface area contributed by atoms with Gasteiger partial charge in [0.25, 0.3) is 0 Å². The molecule has 3 heteroatoms. The molecule has 2 rings (SSSR count). The van der Waals surface area contributed by atoms with Gasteiger partial charge in [0.05, 0.1) is 0 Å². The Morgan fingerprint density at radius 2 is 1.80 bits per heavy atom. The maximum absolute atomic E-state index is 4.74. The van der Waals surface area contributed by atoms with Crippen molar-refractivity contribution in [2.24, 2.45) is 0 Å². The fourth-order valence-electron chi connectivity index (χ4n) is 2.70. The minimum Gasteiger partial charge on any atom is -0.312 e. The van der Waals surface area contributed by atoms with Crippen LogP contribution in [-0.2, 0) is 12.0 Å². The SMILES string of the molecule is CCNCc1cnc(C(CC)(CC)c2ccccc2)s1. The van der Waals surface area contributed by atoms with Crippen LogP contribution in [0, 0.1) is 0 Å². The van der Waals surface area contributed by atoms with Crippen molar-refractivity contribution in [3.63, 3.8) is 0 Å². The summed E-state index contributed by atoms with van der Waals surface area (Å²) in [6, 6.07) is 10.8. The zero-order valence-corrected chi connectivity index (χ0v) is 13.5. The molecular weight excluding hydrogens is 264 g/mol. The lowest BCUT2D eigenvalue weighted by Gasteiger charge is -2.30. The summed E-state index contributed by atoms with van der Waals surface area (Å²) in [5, 5.41) is 4.63. The number of hydrogen-bond acceptors (Lipinski definition) is 3. The van der Waals surface area contributed by atoms with E-state index in [1.165, 1.54) is 15.4 Å². The van der Waals surface area contributed by atoms with Gasteiger partial charge in [-0.3, -0.25) is 0 Å². The first-order valence-electron chi connectivity index (χ1n) is 7.48. The fraction of sp³-hybridized carbons (Fsp3) is 0.471. The van der Waals surface area contributed by atoms with Crippen molar-refractivity contribution in [1.29, 1.82) is 0 Å². The zero-order chi connectivity index (χ0) is 14.4. The van der Waals surface area contributed by atoms with Crippen molar-refractivity contribution in [3.8, 4) is 0 Å². The third-order valence-electron chi connectivity index (χ3n) is 4.05. The predicted octanol–water partition coefficient (Wildman–Crippen LogP) is 4.36. The molecular formula is C17H24N2S. The molecule has 0 spiro atoms. The Morgan fingerprint density at radius 1 is 1.10 bits per heavy atom. The summed E-state index contributed by atoms with van der Waals surface area (Å²) in [5.41, 5.74) is 1.45. The molecule has 0 radical (unpaired) electrons. The molecule has 1 aromatic carbocycles. The minimum atomic E-state index is 0.0659. The predicted molar refractivity (Wildman–Crippen MR) is 87.3 cm³/mol. The van der Waals surface area contributed by atoms with Crippen LogP contribution >= 0.6 is 11.3 Å². The quantitative estimate of drug-likeness (QED) is 0.819. The van der Waals surface area contributed by atoms with Gasteiger partial charge in [-0.25, -0.2) is 4.98 Å². The molecule has 20 heavy (non-hydrogen) atoms. The highest BCUT2D eigenvalue weighted by Crippen LogP contribution is 2.40. The normalized spacial score (nSPS) is 11.8. The van der Waals surface area contributed by atoms with Crippen molar-refractivity contribution >= 4 is 11.3 Å². The van der Waals surface area contributed by atoms with Gasteiger partial charge in [-0.1, -0.05) is 51.1 Å². The Balaban J connectivity index is 2.35. The summed E-state index contributed by atoms with van der Waals surface area (Å²) in [7, 11) is 0. The Kier molecular flexibility index (Phi) is 5.32. The average Bonchev–Trinajstić information content (AvgIpc) is 2.97. The first kappa shape index (κ1) is 15.2. The summed E-state index contributed by atoms with van der Waals surface area (Å²) < 4.78 is 0. The molecule has 0 aliphatic carbocycles. The third-order valence-corrected chi connectivity index (χ3v) is 5.25. The van der Waals surface area contributed by atoms with Crippen molar-refractivity contribution in [2.75, 3.05) is 6.54 Å². The van der Waals surface area contributed by atoms with Crippen molar-refractivity contribution in [2.45, 2.75) is 45.6 Å². The van der Waals surface area contributed by atoms with E-state index in [1.807, 2.05) is 17.5 Å². The Bertz CT molecular complexity index is 515. The van der Waals surface area contributed by atoms with E-state index < -0.39 is 0 Å². The van der Waals surface area contributed by atoms with Gasteiger partial charge in [-0.15, -0.1) is 11.3 Å². The van der Waals surface area contributed by atoms with Crippen LogP contribution in [-0.4, -0.2) is 11.5 Å². The maximum Gasteiger partial charge on any atom is 0.103 e. The number of nitrogens with zero attached hydrogens (tertiary/aromatic N) is 1. The topological polar surface area (TPSA) is 24.9 Å². The molecule has 0 unspecified atom stereocenters. The van der Waals surface area contributed by atoms with E-state index in [0.717, 1.165) is 25.9 Å². The van der Waals surface area contributed by atoms with Crippen LogP contribution in [0.5, 0.6) is 0 Å². The number of thiazole rings is 1. The van der Waals surface area contributed by atoms with Gasteiger partial charge < -0.3 is 5.32 Å². The number of nitrogens with one attached hydrogen (secondary N) is 1. The lowest BCUT2D eigenvalue weighted by Crippen LogP contribution is -2.25. The Morgan fingerprint density at radius 3 is 2.40 bits per heavy atom. The van der Waals surface area contributed by atoms with Crippen LogP contribution in [0.1, 0.15) is 49.1 Å². The lowest BCUT2D eigenvalue weighted by molar-refractivity contribution is 0.475. The van der Waals surface area contributed by atoms with Gasteiger partial charge >= 0.3 is 0 Å². The van der Waals surface area contributed by atoms with Crippen LogP contribution in [0.25, 0.3) is 0 Å². The molecule has 1 N–H and O–H groups in total. The van der Waals surface area contributed by atoms with Crippen LogP contribution in [0.3, 0.4) is 0 Å². The Labute approximate surface area is 126 Å². The van der Waals surface area contributed by atoms with Crippen LogP contribution in [0.15, 0.2) is 36.5 Å². The van der Waals surface area contributed by atoms with Gasteiger partial charge in [-0.2, -0.15) is 0 Å². The summed E-state index contributed by atoms with van der Waals surface area (Å²) in [6.07, 6.45) is 4.20. The molecule has 0 saturated heterocycles. The smallest absolute Gasteiger partial charge is 0.103 e. The number of rotatable bonds is 7. The third kappa shape index (κ3) is 2.94. The molecule has 0 fully saturated rings. The van der Waals surface area contributed by atoms with Crippen LogP contribution in [0.4, 0.5) is 0 Å². The van der Waals surface area contributed by atoms with E-state index in [9.17, 15) is 0 Å². The highest BCUT2D eigenvalue weighted by Gasteiger charge is 2.33. The summed E-state index contributed by atoms with van der Waals surface area (Å²) in [6.45, 7) is 8.59. The maximum atomic E-state index is 4.74. The molecule has 0 saturated carbocycles. The molecule has 0 atom stereocenters. The Hall–Kier alpha value is -1.19. The van der Waals surface area contributed by atoms with E-state index in [0.29, 0.717) is 0 Å². The fourth-order valence-corrected chi connectivity index (χ4v) is 3.94. The van der Waals surface area contributed by atoms with E-state index in [1.54, 1.807) is 0 Å². The van der Waals surface area contributed by atoms with E-state index in [4.69, 9.17) is 4.98 Å².